The summed E-state index contributed by atoms with van der Waals surface area (Å²) in [4.78, 5) is 16.2. The first-order valence-corrected chi connectivity index (χ1v) is 15.1. The van der Waals surface area contributed by atoms with Crippen LogP contribution in [0.5, 0.6) is 0 Å². The average molecular weight is 584 g/mol. The van der Waals surface area contributed by atoms with Crippen molar-refractivity contribution in [3.05, 3.63) is 118 Å². The number of hydrogen-bond acceptors (Lipinski definition) is 3. The smallest absolute Gasteiger partial charge is 0.303 e. The molecule has 0 radical (unpaired) electrons. The van der Waals surface area contributed by atoms with E-state index in [1.807, 2.05) is 42.1 Å². The number of aliphatic carboxylic acids is 1. The third-order valence-electron chi connectivity index (χ3n) is 7.63. The number of thioether (sulfide) groups is 1. The lowest BCUT2D eigenvalue weighted by molar-refractivity contribution is -0.138. The molecule has 0 spiro atoms. The molecule has 41 heavy (non-hydrogen) atoms. The van der Waals surface area contributed by atoms with Crippen molar-refractivity contribution < 1.29 is 9.90 Å². The maximum Gasteiger partial charge on any atom is 0.303 e. The predicted molar refractivity (Wildman–Crippen MR) is 177 cm³/mol. The van der Waals surface area contributed by atoms with Gasteiger partial charge in [0.25, 0.3) is 0 Å². The highest BCUT2D eigenvalue weighted by atomic mass is 35.5. The quantitative estimate of drug-likeness (QED) is 0.180. The number of hydrogen-bond donors (Lipinski definition) is 1. The number of rotatable bonds is 12. The summed E-state index contributed by atoms with van der Waals surface area (Å²) in [6, 6.07) is 27.0. The minimum atomic E-state index is -0.693. The van der Waals surface area contributed by atoms with Crippen molar-refractivity contribution in [2.24, 2.45) is 5.41 Å². The van der Waals surface area contributed by atoms with Crippen LogP contribution in [0.3, 0.4) is 0 Å². The molecule has 1 fully saturated rings. The molecule has 1 aliphatic rings. The normalized spacial score (nSPS) is 14.5. The molecule has 1 heterocycles. The zero-order valence-corrected chi connectivity index (χ0v) is 24.3. The van der Waals surface area contributed by atoms with E-state index in [0.29, 0.717) is 5.02 Å². The fraction of sp³-hybridized carbons (Fsp3) is 0.278. The van der Waals surface area contributed by atoms with Crippen molar-refractivity contribution in [1.29, 1.82) is 0 Å². The molecule has 1 N–H and O–H groups in total. The van der Waals surface area contributed by atoms with Crippen LogP contribution in [0.1, 0.15) is 73.2 Å². The Morgan fingerprint density at radius 1 is 1.07 bits per heavy atom. The molecule has 5 rings (SSSR count). The van der Waals surface area contributed by atoms with Gasteiger partial charge < -0.3 is 5.11 Å². The fourth-order valence-electron chi connectivity index (χ4n) is 5.18. The van der Waals surface area contributed by atoms with Gasteiger partial charge in [0.05, 0.1) is 17.6 Å². The van der Waals surface area contributed by atoms with Gasteiger partial charge in [-0.2, -0.15) is 11.8 Å². The SMILES string of the molecule is C.C=C(C)c1ccccc1CC[C@@H](SCC1(CC(=O)O)CC1)c1cccc(/C=C/c2ccc3ccc(Cl)cc3n2)c1. The molecule has 0 unspecified atom stereocenters. The second kappa shape index (κ2) is 13.5. The van der Waals surface area contributed by atoms with E-state index in [0.717, 1.165) is 59.2 Å². The van der Waals surface area contributed by atoms with Gasteiger partial charge in [0.2, 0.25) is 0 Å². The highest BCUT2D eigenvalue weighted by molar-refractivity contribution is 7.99. The number of aryl methyl sites for hydroxylation is 1. The van der Waals surface area contributed by atoms with E-state index in [1.54, 1.807) is 0 Å². The van der Waals surface area contributed by atoms with Gasteiger partial charge in [-0.05, 0) is 84.6 Å². The van der Waals surface area contributed by atoms with E-state index in [9.17, 15) is 9.90 Å². The van der Waals surface area contributed by atoms with E-state index in [1.165, 1.54) is 16.7 Å². The zero-order chi connectivity index (χ0) is 28.1. The molecule has 0 amide bonds. The molecule has 1 aliphatic carbocycles. The Bertz CT molecular complexity index is 1570. The summed E-state index contributed by atoms with van der Waals surface area (Å²) in [6.07, 6.45) is 8.32. The van der Waals surface area contributed by atoms with Gasteiger partial charge in [-0.15, -0.1) is 0 Å². The van der Waals surface area contributed by atoms with E-state index < -0.39 is 5.97 Å². The third-order valence-corrected chi connectivity index (χ3v) is 9.56. The summed E-state index contributed by atoms with van der Waals surface area (Å²) >= 11 is 8.08. The Kier molecular flexibility index (Phi) is 10.1. The van der Waals surface area contributed by atoms with Gasteiger partial charge in [-0.1, -0.05) is 97.9 Å². The fourth-order valence-corrected chi connectivity index (χ4v) is 6.91. The first kappa shape index (κ1) is 30.6. The third kappa shape index (κ3) is 8.12. The predicted octanol–water partition coefficient (Wildman–Crippen LogP) is 10.4. The van der Waals surface area contributed by atoms with Crippen LogP contribution < -0.4 is 0 Å². The number of pyridine rings is 1. The number of fused-ring (bicyclic) bond motifs is 1. The molecule has 3 nitrogen and oxygen atoms in total. The van der Waals surface area contributed by atoms with Gasteiger partial charge >= 0.3 is 5.97 Å². The lowest BCUT2D eigenvalue weighted by Crippen LogP contribution is -2.12. The van der Waals surface area contributed by atoms with Crippen molar-refractivity contribution in [3.8, 4) is 0 Å². The number of carboxylic acid groups (broad SMARTS) is 1. The number of allylic oxidation sites excluding steroid dienone is 1. The molecular formula is C36H38ClNO2S. The van der Waals surface area contributed by atoms with Crippen LogP contribution in [0, 0.1) is 5.41 Å². The summed E-state index contributed by atoms with van der Waals surface area (Å²) < 4.78 is 0. The van der Waals surface area contributed by atoms with E-state index in [2.05, 4.69) is 74.2 Å². The maximum absolute atomic E-state index is 11.5. The highest BCUT2D eigenvalue weighted by Crippen LogP contribution is 2.53. The zero-order valence-electron chi connectivity index (χ0n) is 22.8. The first-order valence-electron chi connectivity index (χ1n) is 13.7. The molecule has 0 bridgehead atoms. The lowest BCUT2D eigenvalue weighted by Gasteiger charge is -2.21. The molecule has 0 saturated heterocycles. The molecule has 1 atom stereocenters. The molecule has 1 saturated carbocycles. The Hall–Kier alpha value is -3.34. The van der Waals surface area contributed by atoms with Crippen LogP contribution in [0.15, 0.2) is 85.4 Å². The Balaban J connectivity index is 0.00000387. The summed E-state index contributed by atoms with van der Waals surface area (Å²) in [5.41, 5.74) is 7.70. The highest BCUT2D eigenvalue weighted by Gasteiger charge is 2.44. The maximum atomic E-state index is 11.5. The summed E-state index contributed by atoms with van der Waals surface area (Å²) in [7, 11) is 0. The number of benzene rings is 3. The topological polar surface area (TPSA) is 50.2 Å². The summed E-state index contributed by atoms with van der Waals surface area (Å²) in [5.74, 6) is 0.178. The van der Waals surface area contributed by atoms with Crippen molar-refractivity contribution in [2.75, 3.05) is 5.75 Å². The van der Waals surface area contributed by atoms with Crippen molar-refractivity contribution >= 4 is 58.0 Å². The summed E-state index contributed by atoms with van der Waals surface area (Å²) in [6.45, 7) is 6.23. The Morgan fingerprint density at radius 2 is 1.85 bits per heavy atom. The molecule has 0 aliphatic heterocycles. The number of carbonyl (C=O) groups is 1. The van der Waals surface area contributed by atoms with Crippen LogP contribution in [-0.2, 0) is 11.2 Å². The van der Waals surface area contributed by atoms with Crippen molar-refractivity contribution in [3.63, 3.8) is 0 Å². The molecule has 3 aromatic carbocycles. The van der Waals surface area contributed by atoms with E-state index >= 15 is 0 Å². The van der Waals surface area contributed by atoms with Crippen LogP contribution >= 0.6 is 23.4 Å². The van der Waals surface area contributed by atoms with Crippen LogP contribution in [0.4, 0.5) is 0 Å². The van der Waals surface area contributed by atoms with Gasteiger partial charge in [-0.3, -0.25) is 4.79 Å². The van der Waals surface area contributed by atoms with Crippen LogP contribution in [0.25, 0.3) is 28.6 Å². The van der Waals surface area contributed by atoms with Gasteiger partial charge in [0.1, 0.15) is 0 Å². The van der Waals surface area contributed by atoms with E-state index in [4.69, 9.17) is 16.6 Å². The first-order chi connectivity index (χ1) is 19.3. The van der Waals surface area contributed by atoms with Gasteiger partial charge in [-0.25, -0.2) is 4.98 Å². The van der Waals surface area contributed by atoms with Gasteiger partial charge in [0.15, 0.2) is 0 Å². The summed E-state index contributed by atoms with van der Waals surface area (Å²) in [5, 5.41) is 11.4. The average Bonchev–Trinajstić information content (AvgIpc) is 3.70. The monoisotopic (exact) mass is 583 g/mol. The standard InChI is InChI=1S/C35H34ClNO2S.CH4/c1-24(2)31-9-4-3-7-26(31)13-17-33(40-23-35(18-19-35)22-34(38)39)28-8-5-6-25(20-28)10-15-30-16-12-27-11-14-29(36)21-32(27)37-30;/h3-12,14-16,20-21,33H,1,13,17-19,22-23H2,2H3,(H,38,39);1H4/b15-10+;/t33-;/m1./s1. The second-order valence-electron chi connectivity index (χ2n) is 10.9. The second-order valence-corrected chi connectivity index (χ2v) is 12.6. The minimum Gasteiger partial charge on any atom is -0.481 e. The molecule has 4 aromatic rings. The van der Waals surface area contributed by atoms with Crippen LogP contribution in [-0.4, -0.2) is 21.8 Å². The molecule has 212 valence electrons. The van der Waals surface area contributed by atoms with Crippen molar-refractivity contribution in [2.45, 2.75) is 51.7 Å². The number of halogens is 1. The number of nitrogens with zero attached hydrogens (tertiary/aromatic N) is 1. The molecule has 1 aromatic heterocycles. The molecule has 5 heteroatoms. The lowest BCUT2D eigenvalue weighted by atomic mass is 9.96. The Labute approximate surface area is 253 Å². The van der Waals surface area contributed by atoms with Crippen molar-refractivity contribution in [1.82, 2.24) is 4.98 Å². The van der Waals surface area contributed by atoms with Crippen LogP contribution in [0.2, 0.25) is 5.02 Å². The number of aromatic nitrogens is 1. The van der Waals surface area contributed by atoms with Gasteiger partial charge in [0, 0.05) is 21.4 Å². The largest absolute Gasteiger partial charge is 0.481 e. The van der Waals surface area contributed by atoms with E-state index in [-0.39, 0.29) is 24.5 Å². The molecular weight excluding hydrogens is 546 g/mol. The Morgan fingerprint density at radius 3 is 2.61 bits per heavy atom. The minimum absolute atomic E-state index is 0. The number of carboxylic acids is 1.